The number of rotatable bonds is 5. The van der Waals surface area contributed by atoms with Crippen LogP contribution in [0.5, 0.6) is 5.88 Å². The van der Waals surface area contributed by atoms with Crippen molar-refractivity contribution in [3.05, 3.63) is 71.5 Å². The molecular weight excluding hydrogens is 432 g/mol. The van der Waals surface area contributed by atoms with E-state index in [4.69, 9.17) is 4.74 Å². The lowest BCUT2D eigenvalue weighted by molar-refractivity contribution is -0.0313. The zero-order valence-corrected chi connectivity index (χ0v) is 19.2. The Kier molecular flexibility index (Phi) is 5.06. The molecule has 1 aliphatic carbocycles. The third-order valence-corrected chi connectivity index (χ3v) is 7.68. The Balaban J connectivity index is 1.26. The fraction of sp³-hybridized carbons (Fsp3) is 0.308. The van der Waals surface area contributed by atoms with E-state index in [0.717, 1.165) is 45.7 Å². The second-order valence-corrected chi connectivity index (χ2v) is 10.1. The highest BCUT2D eigenvalue weighted by molar-refractivity contribution is 7.15. The van der Waals surface area contributed by atoms with Crippen LogP contribution in [-0.2, 0) is 0 Å². The molecule has 2 aliphatic heterocycles. The maximum atomic E-state index is 13.8. The SMILES string of the molecule is Cc1nc(C(=O)N2C(COc3cnc4ccccc4n3)CC3CC2C3)c(-c2ccccc2)s1. The number of aryl methyl sites for hydroxylation is 1. The Hall–Kier alpha value is -3.32. The van der Waals surface area contributed by atoms with Crippen molar-refractivity contribution >= 4 is 28.3 Å². The summed E-state index contributed by atoms with van der Waals surface area (Å²) in [6, 6.07) is 18.1. The normalized spacial score (nSPS) is 21.6. The van der Waals surface area contributed by atoms with E-state index in [1.807, 2.05) is 66.4 Å². The summed E-state index contributed by atoms with van der Waals surface area (Å²) in [4.78, 5) is 30.5. The van der Waals surface area contributed by atoms with Crippen molar-refractivity contribution in [2.45, 2.75) is 38.3 Å². The minimum Gasteiger partial charge on any atom is -0.474 e. The molecule has 1 unspecified atom stereocenters. The molecule has 0 N–H and O–H groups in total. The number of hydrogen-bond acceptors (Lipinski definition) is 6. The number of hydrogen-bond donors (Lipinski definition) is 0. The molecule has 2 saturated heterocycles. The summed E-state index contributed by atoms with van der Waals surface area (Å²) < 4.78 is 6.07. The fourth-order valence-electron chi connectivity index (χ4n) is 5.07. The summed E-state index contributed by atoms with van der Waals surface area (Å²) in [5.74, 6) is 1.18. The molecule has 4 heterocycles. The van der Waals surface area contributed by atoms with Gasteiger partial charge in [0.1, 0.15) is 12.3 Å². The van der Waals surface area contributed by atoms with Crippen LogP contribution in [0.3, 0.4) is 0 Å². The first-order valence-corrected chi connectivity index (χ1v) is 12.2. The molecule has 0 radical (unpaired) electrons. The highest BCUT2D eigenvalue weighted by atomic mass is 32.1. The van der Waals surface area contributed by atoms with Crippen molar-refractivity contribution in [2.75, 3.05) is 6.61 Å². The Morgan fingerprint density at radius 3 is 2.61 bits per heavy atom. The van der Waals surface area contributed by atoms with Crippen LogP contribution in [0.4, 0.5) is 0 Å². The van der Waals surface area contributed by atoms with Crippen LogP contribution in [0.15, 0.2) is 60.8 Å². The average molecular weight is 457 g/mol. The molecule has 3 fully saturated rings. The minimum absolute atomic E-state index is 0.00824. The molecule has 7 heteroatoms. The lowest BCUT2D eigenvalue weighted by Crippen LogP contribution is -2.60. The Bertz CT molecular complexity index is 1320. The molecule has 2 bridgehead atoms. The molecule has 2 aromatic carbocycles. The first kappa shape index (κ1) is 20.3. The van der Waals surface area contributed by atoms with Gasteiger partial charge in [0.15, 0.2) is 0 Å². The smallest absolute Gasteiger partial charge is 0.274 e. The molecule has 1 amide bonds. The number of amides is 1. The first-order chi connectivity index (χ1) is 16.2. The monoisotopic (exact) mass is 456 g/mol. The van der Waals surface area contributed by atoms with E-state index in [9.17, 15) is 4.79 Å². The van der Waals surface area contributed by atoms with E-state index < -0.39 is 0 Å². The van der Waals surface area contributed by atoms with E-state index in [2.05, 4.69) is 15.0 Å². The van der Waals surface area contributed by atoms with Gasteiger partial charge in [-0.15, -0.1) is 11.3 Å². The lowest BCUT2D eigenvalue weighted by atomic mass is 9.70. The molecule has 166 valence electrons. The van der Waals surface area contributed by atoms with Crippen molar-refractivity contribution < 1.29 is 9.53 Å². The number of ether oxygens (including phenoxy) is 1. The quantitative estimate of drug-likeness (QED) is 0.416. The standard InChI is InChI=1S/C26H24N4O2S/c1-16-28-24(25(33-16)18-7-3-2-4-8-18)26(31)30-19-11-17(12-19)13-20(30)15-32-23-14-27-21-9-5-6-10-22(21)29-23/h2-10,14,17,19-20H,11-13,15H2,1H3. The van der Waals surface area contributed by atoms with Crippen molar-refractivity contribution in [1.82, 2.24) is 19.9 Å². The van der Waals surface area contributed by atoms with Gasteiger partial charge in [0.2, 0.25) is 5.88 Å². The number of thiazole rings is 1. The summed E-state index contributed by atoms with van der Waals surface area (Å²) in [5, 5.41) is 0.903. The van der Waals surface area contributed by atoms with Crippen molar-refractivity contribution in [1.29, 1.82) is 0 Å². The first-order valence-electron chi connectivity index (χ1n) is 11.4. The van der Waals surface area contributed by atoms with Crippen LogP contribution < -0.4 is 4.74 Å². The predicted octanol–water partition coefficient (Wildman–Crippen LogP) is 5.13. The number of carbonyl (C=O) groups excluding carboxylic acids is 1. The van der Waals surface area contributed by atoms with E-state index in [-0.39, 0.29) is 18.0 Å². The van der Waals surface area contributed by atoms with Gasteiger partial charge < -0.3 is 9.64 Å². The number of nitrogens with zero attached hydrogens (tertiary/aromatic N) is 4. The largest absolute Gasteiger partial charge is 0.474 e. The second-order valence-electron chi connectivity index (χ2n) is 8.88. The van der Waals surface area contributed by atoms with E-state index in [1.165, 1.54) is 0 Å². The van der Waals surface area contributed by atoms with Gasteiger partial charge in [0.05, 0.1) is 33.2 Å². The van der Waals surface area contributed by atoms with Gasteiger partial charge in [-0.25, -0.2) is 15.0 Å². The van der Waals surface area contributed by atoms with Gasteiger partial charge in [0.25, 0.3) is 5.91 Å². The van der Waals surface area contributed by atoms with Gasteiger partial charge in [-0.2, -0.15) is 0 Å². The fourth-order valence-corrected chi connectivity index (χ4v) is 5.98. The third-order valence-electron chi connectivity index (χ3n) is 6.66. The van der Waals surface area contributed by atoms with Gasteiger partial charge >= 0.3 is 0 Å². The highest BCUT2D eigenvalue weighted by Crippen LogP contribution is 2.44. The Morgan fingerprint density at radius 2 is 1.79 bits per heavy atom. The highest BCUT2D eigenvalue weighted by Gasteiger charge is 2.47. The zero-order chi connectivity index (χ0) is 22.4. The molecule has 7 rings (SSSR count). The Morgan fingerprint density at radius 1 is 1.03 bits per heavy atom. The van der Waals surface area contributed by atoms with Crippen LogP contribution in [0, 0.1) is 12.8 Å². The molecule has 6 nitrogen and oxygen atoms in total. The number of aromatic nitrogens is 3. The van der Waals surface area contributed by atoms with Crippen LogP contribution >= 0.6 is 11.3 Å². The van der Waals surface area contributed by atoms with Crippen molar-refractivity contribution in [3.63, 3.8) is 0 Å². The molecule has 1 atom stereocenters. The van der Waals surface area contributed by atoms with Crippen LogP contribution in [0.2, 0.25) is 0 Å². The molecule has 0 spiro atoms. The molecule has 4 aromatic rings. The number of carbonyl (C=O) groups is 1. The summed E-state index contributed by atoms with van der Waals surface area (Å²) in [7, 11) is 0. The van der Waals surface area contributed by atoms with Gasteiger partial charge in [-0.1, -0.05) is 42.5 Å². The van der Waals surface area contributed by atoms with Gasteiger partial charge in [-0.05, 0) is 49.8 Å². The maximum absolute atomic E-state index is 13.8. The zero-order valence-electron chi connectivity index (χ0n) is 18.3. The van der Waals surface area contributed by atoms with Crippen molar-refractivity contribution in [2.24, 2.45) is 5.92 Å². The summed E-state index contributed by atoms with van der Waals surface area (Å²) in [5.41, 5.74) is 3.24. The third kappa shape index (κ3) is 3.76. The summed E-state index contributed by atoms with van der Waals surface area (Å²) >= 11 is 1.58. The lowest BCUT2D eigenvalue weighted by Gasteiger charge is -2.53. The number of benzene rings is 2. The van der Waals surface area contributed by atoms with Gasteiger partial charge in [0, 0.05) is 6.04 Å². The van der Waals surface area contributed by atoms with Crippen LogP contribution in [0.25, 0.3) is 21.5 Å². The van der Waals surface area contributed by atoms with Crippen LogP contribution in [-0.4, -0.2) is 44.4 Å². The Labute approximate surface area is 196 Å². The predicted molar refractivity (Wildman–Crippen MR) is 128 cm³/mol. The second kappa shape index (κ2) is 8.23. The molecular formula is C26H24N4O2S. The molecule has 2 aromatic heterocycles. The van der Waals surface area contributed by atoms with E-state index in [1.54, 1.807) is 17.5 Å². The van der Waals surface area contributed by atoms with E-state index >= 15 is 0 Å². The molecule has 3 aliphatic rings. The molecule has 33 heavy (non-hydrogen) atoms. The number of fused-ring (bicyclic) bond motifs is 3. The molecule has 1 saturated carbocycles. The summed E-state index contributed by atoms with van der Waals surface area (Å²) in [6.07, 6.45) is 4.76. The van der Waals surface area contributed by atoms with Crippen LogP contribution in [0.1, 0.15) is 34.8 Å². The topological polar surface area (TPSA) is 68.2 Å². The van der Waals surface area contributed by atoms with Gasteiger partial charge in [-0.3, -0.25) is 4.79 Å². The average Bonchev–Trinajstić information content (AvgIpc) is 3.23. The van der Waals surface area contributed by atoms with E-state index in [0.29, 0.717) is 24.1 Å². The minimum atomic E-state index is 0.00824. The summed E-state index contributed by atoms with van der Waals surface area (Å²) in [6.45, 7) is 2.37. The number of piperidine rings is 2. The van der Waals surface area contributed by atoms with Crippen molar-refractivity contribution in [3.8, 4) is 16.3 Å². The maximum Gasteiger partial charge on any atom is 0.274 e. The number of para-hydroxylation sites is 2.